The molecule has 8 heteroatoms. The number of nitrogens with zero attached hydrogens (tertiary/aromatic N) is 2. The normalized spacial score (nSPS) is 24.4. The topological polar surface area (TPSA) is 105 Å². The summed E-state index contributed by atoms with van der Waals surface area (Å²) in [6.45, 7) is 0.831. The summed E-state index contributed by atoms with van der Waals surface area (Å²) in [6.07, 6.45) is 7.09. The van der Waals surface area contributed by atoms with Crippen molar-refractivity contribution >= 4 is 17.7 Å². The third-order valence-corrected chi connectivity index (χ3v) is 8.90. The molecule has 2 aliphatic carbocycles. The van der Waals surface area contributed by atoms with Crippen LogP contribution in [0.5, 0.6) is 5.75 Å². The third kappa shape index (κ3) is 6.17. The van der Waals surface area contributed by atoms with Gasteiger partial charge in [-0.2, -0.15) is 0 Å². The van der Waals surface area contributed by atoms with Crippen molar-refractivity contribution in [2.45, 2.75) is 82.0 Å². The van der Waals surface area contributed by atoms with Gasteiger partial charge in [0.15, 0.2) is 6.17 Å². The number of hydrogen-bond acceptors (Lipinski definition) is 5. The number of rotatable bonds is 7. The van der Waals surface area contributed by atoms with E-state index in [0.29, 0.717) is 30.8 Å². The summed E-state index contributed by atoms with van der Waals surface area (Å²) in [5.74, 6) is -0.170. The highest BCUT2D eigenvalue weighted by Gasteiger charge is 2.45. The first-order chi connectivity index (χ1) is 19.5. The number of hydrogen-bond donors (Lipinski definition) is 2. The molecule has 3 aliphatic rings. The zero-order valence-electron chi connectivity index (χ0n) is 23.5. The van der Waals surface area contributed by atoms with Crippen LogP contribution in [0.25, 0.3) is 0 Å². The number of amides is 3. The van der Waals surface area contributed by atoms with Crippen LogP contribution in [0, 0.1) is 5.92 Å². The highest BCUT2D eigenvalue weighted by atomic mass is 16.5. The second-order valence-electron chi connectivity index (χ2n) is 11.5. The van der Waals surface area contributed by atoms with E-state index in [0.717, 1.165) is 56.9 Å². The molecule has 40 heavy (non-hydrogen) atoms. The Labute approximate surface area is 237 Å². The second kappa shape index (κ2) is 12.9. The molecule has 3 amide bonds. The van der Waals surface area contributed by atoms with E-state index in [-0.39, 0.29) is 41.6 Å². The molecule has 2 atom stereocenters. The van der Waals surface area contributed by atoms with E-state index in [1.165, 1.54) is 0 Å². The van der Waals surface area contributed by atoms with Gasteiger partial charge in [-0.25, -0.2) is 0 Å². The lowest BCUT2D eigenvalue weighted by molar-refractivity contribution is -0.151. The molecule has 5 rings (SSSR count). The van der Waals surface area contributed by atoms with Crippen molar-refractivity contribution < 1.29 is 19.1 Å². The molecule has 2 unspecified atom stereocenters. The Balaban J connectivity index is 1.48. The van der Waals surface area contributed by atoms with E-state index in [4.69, 9.17) is 10.5 Å². The summed E-state index contributed by atoms with van der Waals surface area (Å²) in [5, 5.41) is 3.19. The molecule has 1 saturated heterocycles. The first-order valence-electron chi connectivity index (χ1n) is 14.8. The molecule has 0 bridgehead atoms. The van der Waals surface area contributed by atoms with Crippen LogP contribution in [0.15, 0.2) is 54.6 Å². The molecule has 1 heterocycles. The van der Waals surface area contributed by atoms with Crippen LogP contribution in [0.2, 0.25) is 0 Å². The van der Waals surface area contributed by atoms with Gasteiger partial charge in [-0.15, -0.1) is 0 Å². The highest BCUT2D eigenvalue weighted by molar-refractivity contribution is 5.99. The zero-order chi connectivity index (χ0) is 28.1. The van der Waals surface area contributed by atoms with Gasteiger partial charge in [0.1, 0.15) is 5.75 Å². The maximum absolute atomic E-state index is 14.5. The number of carbonyl (C=O) groups is 3. The fourth-order valence-electron chi connectivity index (χ4n) is 6.76. The molecule has 3 fully saturated rings. The lowest BCUT2D eigenvalue weighted by atomic mass is 9.83. The Hall–Kier alpha value is -3.39. The maximum Gasteiger partial charge on any atom is 0.264 e. The number of benzene rings is 2. The average Bonchev–Trinajstić information content (AvgIpc) is 3.52. The van der Waals surface area contributed by atoms with Gasteiger partial charge in [0.25, 0.3) is 11.8 Å². The minimum absolute atomic E-state index is 0.0142. The summed E-state index contributed by atoms with van der Waals surface area (Å²) in [5.41, 5.74) is 7.52. The summed E-state index contributed by atoms with van der Waals surface area (Å²) in [4.78, 5) is 45.8. The fourth-order valence-corrected chi connectivity index (χ4v) is 6.76. The second-order valence-corrected chi connectivity index (χ2v) is 11.5. The van der Waals surface area contributed by atoms with Gasteiger partial charge >= 0.3 is 0 Å². The van der Waals surface area contributed by atoms with Crippen molar-refractivity contribution in [3.05, 3.63) is 65.7 Å². The van der Waals surface area contributed by atoms with Crippen molar-refractivity contribution in [1.29, 1.82) is 0 Å². The van der Waals surface area contributed by atoms with Crippen molar-refractivity contribution in [2.75, 3.05) is 20.2 Å². The molecular weight excluding hydrogens is 504 g/mol. The largest absolute Gasteiger partial charge is 0.497 e. The van der Waals surface area contributed by atoms with Crippen molar-refractivity contribution in [2.24, 2.45) is 11.7 Å². The van der Waals surface area contributed by atoms with E-state index in [1.807, 2.05) is 30.3 Å². The number of methoxy groups -OCH3 is 1. The predicted molar refractivity (Wildman–Crippen MR) is 154 cm³/mol. The Morgan fingerprint density at radius 2 is 1.57 bits per heavy atom. The zero-order valence-corrected chi connectivity index (χ0v) is 23.5. The Kier molecular flexibility index (Phi) is 9.04. The van der Waals surface area contributed by atoms with E-state index < -0.39 is 6.17 Å². The monoisotopic (exact) mass is 546 g/mol. The lowest BCUT2D eigenvalue weighted by Crippen LogP contribution is -2.65. The van der Waals surface area contributed by atoms with E-state index in [1.54, 1.807) is 41.2 Å². The molecule has 3 N–H and O–H groups in total. The fraction of sp³-hybridized carbons (Fsp3) is 0.531. The number of nitrogens with one attached hydrogen (secondary N) is 1. The smallest absolute Gasteiger partial charge is 0.264 e. The number of carbonyl (C=O) groups excluding carboxylic acids is 3. The van der Waals surface area contributed by atoms with Crippen LogP contribution in [0.1, 0.15) is 79.6 Å². The Bertz CT molecular complexity index is 1170. The summed E-state index contributed by atoms with van der Waals surface area (Å²) in [6, 6.07) is 17.0. The minimum Gasteiger partial charge on any atom is -0.497 e. The molecule has 1 aliphatic heterocycles. The molecule has 2 aromatic rings. The average molecular weight is 547 g/mol. The van der Waals surface area contributed by atoms with Crippen LogP contribution in [-0.2, 0) is 9.59 Å². The predicted octanol–water partition coefficient (Wildman–Crippen LogP) is 4.06. The first kappa shape index (κ1) is 28.1. The number of ether oxygens (including phenoxy) is 1. The van der Waals surface area contributed by atoms with Gasteiger partial charge in [-0.3, -0.25) is 14.4 Å². The molecule has 2 saturated carbocycles. The Morgan fingerprint density at radius 3 is 2.27 bits per heavy atom. The standard InChI is InChI=1S/C32H42N4O4/c1-40-27-14-7-13-24(21-27)31(38)35-19-8-20-36(30(35)29(37)34-26-17-15-25(33)16-18-26)32(39)28(23-11-5-6-12-23)22-9-3-2-4-10-22/h2-4,7,9-10,13-14,21,23,25-26,28,30H,5-6,8,11-12,15-20,33H2,1H3,(H,34,37). The molecule has 0 aromatic heterocycles. The lowest BCUT2D eigenvalue weighted by Gasteiger charge is -2.45. The van der Waals surface area contributed by atoms with E-state index in [9.17, 15) is 14.4 Å². The summed E-state index contributed by atoms with van der Waals surface area (Å²) >= 11 is 0. The molecule has 214 valence electrons. The van der Waals surface area contributed by atoms with Gasteiger partial charge in [0.2, 0.25) is 5.91 Å². The summed E-state index contributed by atoms with van der Waals surface area (Å²) in [7, 11) is 1.56. The molecule has 0 radical (unpaired) electrons. The van der Waals surface area contributed by atoms with Crippen LogP contribution in [-0.4, -0.2) is 66.0 Å². The van der Waals surface area contributed by atoms with Gasteiger partial charge < -0.3 is 25.6 Å². The molecule has 2 aromatic carbocycles. The third-order valence-electron chi connectivity index (χ3n) is 8.90. The van der Waals surface area contributed by atoms with E-state index in [2.05, 4.69) is 5.32 Å². The first-order valence-corrected chi connectivity index (χ1v) is 14.8. The SMILES string of the molecule is COc1cccc(C(=O)N2CCCN(C(=O)C(c3ccccc3)C3CCCC3)C2C(=O)NC2CCC(N)CC2)c1. The Morgan fingerprint density at radius 1 is 0.875 bits per heavy atom. The van der Waals surface area contributed by atoms with Gasteiger partial charge in [0, 0.05) is 30.7 Å². The van der Waals surface area contributed by atoms with Crippen molar-refractivity contribution in [3.8, 4) is 5.75 Å². The minimum atomic E-state index is -1.01. The van der Waals surface area contributed by atoms with Crippen LogP contribution < -0.4 is 15.8 Å². The highest BCUT2D eigenvalue weighted by Crippen LogP contribution is 2.39. The van der Waals surface area contributed by atoms with Crippen molar-refractivity contribution in [1.82, 2.24) is 15.1 Å². The van der Waals surface area contributed by atoms with Crippen LogP contribution in [0.3, 0.4) is 0 Å². The quantitative estimate of drug-likeness (QED) is 0.545. The maximum atomic E-state index is 14.5. The molecule has 8 nitrogen and oxygen atoms in total. The summed E-state index contributed by atoms with van der Waals surface area (Å²) < 4.78 is 5.35. The van der Waals surface area contributed by atoms with Crippen LogP contribution in [0.4, 0.5) is 0 Å². The van der Waals surface area contributed by atoms with Gasteiger partial charge in [-0.1, -0.05) is 49.2 Å². The van der Waals surface area contributed by atoms with Gasteiger partial charge in [-0.05, 0) is 74.6 Å². The van der Waals surface area contributed by atoms with Crippen LogP contribution >= 0.6 is 0 Å². The van der Waals surface area contributed by atoms with Crippen molar-refractivity contribution in [3.63, 3.8) is 0 Å². The number of nitrogens with two attached hydrogens (primary N) is 1. The van der Waals surface area contributed by atoms with E-state index >= 15 is 0 Å². The molecular formula is C32H42N4O4. The van der Waals surface area contributed by atoms with Gasteiger partial charge in [0.05, 0.1) is 13.0 Å². The molecule has 0 spiro atoms.